The fourth-order valence-electron chi connectivity index (χ4n) is 6.37. The van der Waals surface area contributed by atoms with Crippen LogP contribution < -0.4 is 0 Å². The van der Waals surface area contributed by atoms with E-state index in [1.807, 2.05) is 0 Å². The SMILES string of the molecule is C=C(C)C(=O)O.C=C(C)C(=O)OC1CCC(C2CCC(C3CCC(CCC)CC3)CC2F)CC1. The number of rotatable bonds is 7. The van der Waals surface area contributed by atoms with E-state index < -0.39 is 12.1 Å². The molecule has 0 aromatic heterocycles. The molecule has 3 saturated carbocycles. The van der Waals surface area contributed by atoms with Crippen molar-refractivity contribution in [3.8, 4) is 0 Å². The molecule has 0 heterocycles. The molecule has 3 unspecified atom stereocenters. The standard InChI is InChI=1S/C25H41FO2.C4H6O2/c1-4-5-18-6-8-19(9-7-18)21-12-15-23(24(26)16-21)20-10-13-22(14-11-20)28-25(27)17(2)3;1-3(2)4(5)6/h18-24H,2,4-16H2,1,3H3;1H2,2H3,(H,5,6). The lowest BCUT2D eigenvalue weighted by Gasteiger charge is -2.43. The average Bonchev–Trinajstić information content (AvgIpc) is 2.80. The molecule has 0 aromatic rings. The van der Waals surface area contributed by atoms with Crippen LogP contribution in [0.3, 0.4) is 0 Å². The predicted octanol–water partition coefficient (Wildman–Crippen LogP) is 7.67. The van der Waals surface area contributed by atoms with Crippen LogP contribution in [0, 0.1) is 29.6 Å². The molecule has 3 aliphatic carbocycles. The first-order chi connectivity index (χ1) is 16.1. The Kier molecular flexibility index (Phi) is 11.8. The highest BCUT2D eigenvalue weighted by molar-refractivity contribution is 5.87. The lowest BCUT2D eigenvalue weighted by atomic mass is 9.64. The van der Waals surface area contributed by atoms with E-state index in [9.17, 15) is 9.59 Å². The van der Waals surface area contributed by atoms with Crippen LogP contribution >= 0.6 is 0 Å². The Morgan fingerprint density at radius 3 is 1.85 bits per heavy atom. The van der Waals surface area contributed by atoms with E-state index in [2.05, 4.69) is 20.1 Å². The molecular weight excluding hydrogens is 431 g/mol. The van der Waals surface area contributed by atoms with E-state index in [0.29, 0.717) is 17.4 Å². The van der Waals surface area contributed by atoms with Gasteiger partial charge in [0.2, 0.25) is 0 Å². The van der Waals surface area contributed by atoms with Crippen LogP contribution in [0.1, 0.15) is 104 Å². The third-order valence-electron chi connectivity index (χ3n) is 8.43. The van der Waals surface area contributed by atoms with Gasteiger partial charge < -0.3 is 9.84 Å². The van der Waals surface area contributed by atoms with Crippen LogP contribution in [0.4, 0.5) is 4.39 Å². The van der Waals surface area contributed by atoms with Crippen LogP contribution in [0.25, 0.3) is 0 Å². The molecule has 4 nitrogen and oxygen atoms in total. The smallest absolute Gasteiger partial charge is 0.333 e. The number of aliphatic carboxylic acids is 1. The van der Waals surface area contributed by atoms with E-state index in [4.69, 9.17) is 9.84 Å². The highest BCUT2D eigenvalue weighted by atomic mass is 19.1. The largest absolute Gasteiger partial charge is 0.478 e. The second kappa shape index (κ2) is 14.0. The average molecular weight is 479 g/mol. The molecule has 3 atom stereocenters. The van der Waals surface area contributed by atoms with Gasteiger partial charge in [-0.15, -0.1) is 0 Å². The molecular formula is C29H47FO4. The number of esters is 1. The number of carbonyl (C=O) groups is 2. The summed E-state index contributed by atoms with van der Waals surface area (Å²) in [4.78, 5) is 21.3. The van der Waals surface area contributed by atoms with E-state index in [1.54, 1.807) is 6.92 Å². The van der Waals surface area contributed by atoms with Gasteiger partial charge >= 0.3 is 11.9 Å². The zero-order chi connectivity index (χ0) is 25.3. The number of hydrogen-bond donors (Lipinski definition) is 1. The summed E-state index contributed by atoms with van der Waals surface area (Å²) in [6, 6.07) is 0. The van der Waals surface area contributed by atoms with Gasteiger partial charge in [0.25, 0.3) is 0 Å². The van der Waals surface area contributed by atoms with Crippen LogP contribution in [0.2, 0.25) is 0 Å². The van der Waals surface area contributed by atoms with Crippen LogP contribution in [0.5, 0.6) is 0 Å². The summed E-state index contributed by atoms with van der Waals surface area (Å²) in [7, 11) is 0. The number of alkyl halides is 1. The van der Waals surface area contributed by atoms with E-state index >= 15 is 4.39 Å². The number of carbonyl (C=O) groups excluding carboxylic acids is 1. The zero-order valence-electron chi connectivity index (χ0n) is 21.7. The summed E-state index contributed by atoms with van der Waals surface area (Å²) < 4.78 is 20.7. The monoisotopic (exact) mass is 478 g/mol. The summed E-state index contributed by atoms with van der Waals surface area (Å²) in [5.41, 5.74) is 0.642. The maximum atomic E-state index is 15.2. The second-order valence-corrected chi connectivity index (χ2v) is 11.1. The molecule has 3 aliphatic rings. The van der Waals surface area contributed by atoms with E-state index in [1.165, 1.54) is 51.9 Å². The molecule has 3 rings (SSSR count). The molecule has 0 bridgehead atoms. The van der Waals surface area contributed by atoms with Gasteiger partial charge in [0.05, 0.1) is 0 Å². The molecule has 5 heteroatoms. The quantitative estimate of drug-likeness (QED) is 0.301. The summed E-state index contributed by atoms with van der Waals surface area (Å²) >= 11 is 0. The summed E-state index contributed by atoms with van der Waals surface area (Å²) in [6.07, 6.45) is 14.4. The second-order valence-electron chi connectivity index (χ2n) is 11.1. The van der Waals surface area contributed by atoms with Crippen molar-refractivity contribution in [1.82, 2.24) is 0 Å². The lowest BCUT2D eigenvalue weighted by molar-refractivity contribution is -0.146. The van der Waals surface area contributed by atoms with Gasteiger partial charge in [0, 0.05) is 11.1 Å². The van der Waals surface area contributed by atoms with Crippen molar-refractivity contribution in [2.24, 2.45) is 29.6 Å². The van der Waals surface area contributed by atoms with Crippen LogP contribution in [0.15, 0.2) is 24.3 Å². The minimum Gasteiger partial charge on any atom is -0.478 e. The molecule has 1 N–H and O–H groups in total. The Labute approximate surface area is 206 Å². The van der Waals surface area contributed by atoms with Crippen molar-refractivity contribution >= 4 is 11.9 Å². The van der Waals surface area contributed by atoms with Crippen LogP contribution in [-0.4, -0.2) is 29.3 Å². The highest BCUT2D eigenvalue weighted by Gasteiger charge is 2.40. The van der Waals surface area contributed by atoms with Crippen molar-refractivity contribution in [3.05, 3.63) is 24.3 Å². The number of hydrogen-bond acceptors (Lipinski definition) is 3. The third kappa shape index (κ3) is 8.85. The topological polar surface area (TPSA) is 63.6 Å². The number of carboxylic acids is 1. The van der Waals surface area contributed by atoms with Gasteiger partial charge in [-0.1, -0.05) is 45.8 Å². The summed E-state index contributed by atoms with van der Waals surface area (Å²) in [5, 5.41) is 7.89. The summed E-state index contributed by atoms with van der Waals surface area (Å²) in [6.45, 7) is 12.2. The zero-order valence-corrected chi connectivity index (χ0v) is 21.7. The number of halogens is 1. The van der Waals surface area contributed by atoms with E-state index in [-0.39, 0.29) is 23.6 Å². The Bertz CT molecular complexity index is 674. The van der Waals surface area contributed by atoms with Gasteiger partial charge in [-0.05, 0) is 101 Å². The van der Waals surface area contributed by atoms with Crippen molar-refractivity contribution in [2.45, 2.75) is 117 Å². The minimum absolute atomic E-state index is 0.00755. The Morgan fingerprint density at radius 2 is 1.38 bits per heavy atom. The lowest BCUT2D eigenvalue weighted by Crippen LogP contribution is -2.37. The molecule has 0 saturated heterocycles. The van der Waals surface area contributed by atoms with Crippen LogP contribution in [-0.2, 0) is 14.3 Å². The maximum absolute atomic E-state index is 15.2. The molecule has 3 fully saturated rings. The first kappa shape index (κ1) is 28.6. The number of carboxylic acid groups (broad SMARTS) is 1. The fourth-order valence-corrected chi connectivity index (χ4v) is 6.37. The Hall–Kier alpha value is -1.65. The highest BCUT2D eigenvalue weighted by Crippen LogP contribution is 2.47. The molecule has 0 aromatic carbocycles. The van der Waals surface area contributed by atoms with Crippen molar-refractivity contribution in [1.29, 1.82) is 0 Å². The van der Waals surface area contributed by atoms with Gasteiger partial charge in [-0.25, -0.2) is 14.0 Å². The summed E-state index contributed by atoms with van der Waals surface area (Å²) in [5.74, 6) is 1.86. The maximum Gasteiger partial charge on any atom is 0.333 e. The third-order valence-corrected chi connectivity index (χ3v) is 8.43. The van der Waals surface area contributed by atoms with Crippen molar-refractivity contribution in [3.63, 3.8) is 0 Å². The number of ether oxygens (including phenoxy) is 1. The molecule has 194 valence electrons. The minimum atomic E-state index is -0.935. The molecule has 0 radical (unpaired) electrons. The van der Waals surface area contributed by atoms with Gasteiger partial charge in [-0.3, -0.25) is 0 Å². The van der Waals surface area contributed by atoms with Gasteiger partial charge in [0.15, 0.2) is 0 Å². The fraction of sp³-hybridized carbons (Fsp3) is 0.793. The normalized spacial score (nSPS) is 33.7. The molecule has 34 heavy (non-hydrogen) atoms. The first-order valence-corrected chi connectivity index (χ1v) is 13.5. The van der Waals surface area contributed by atoms with Crippen molar-refractivity contribution in [2.75, 3.05) is 0 Å². The Balaban J connectivity index is 0.000000604. The molecule has 0 amide bonds. The van der Waals surface area contributed by atoms with E-state index in [0.717, 1.165) is 50.4 Å². The first-order valence-electron chi connectivity index (χ1n) is 13.5. The Morgan fingerprint density at radius 1 is 0.853 bits per heavy atom. The molecule has 0 spiro atoms. The van der Waals surface area contributed by atoms with Gasteiger partial charge in [-0.2, -0.15) is 0 Å². The molecule has 0 aliphatic heterocycles. The predicted molar refractivity (Wildman–Crippen MR) is 135 cm³/mol. The van der Waals surface area contributed by atoms with Crippen molar-refractivity contribution < 1.29 is 23.8 Å². The van der Waals surface area contributed by atoms with Gasteiger partial charge in [0.1, 0.15) is 12.3 Å².